The summed E-state index contributed by atoms with van der Waals surface area (Å²) in [4.78, 5) is 39.2. The lowest BCUT2D eigenvalue weighted by molar-refractivity contribution is -0.201. The molecule has 3 saturated heterocycles. The van der Waals surface area contributed by atoms with Gasteiger partial charge in [-0.05, 0) is 43.7 Å². The normalized spacial score (nSPS) is 24.8. The molecular formula is C25H30F3N7O3. The highest BCUT2D eigenvalue weighted by Crippen LogP contribution is 2.35. The Labute approximate surface area is 218 Å². The first-order valence-corrected chi connectivity index (χ1v) is 12.7. The van der Waals surface area contributed by atoms with Crippen molar-refractivity contribution >= 4 is 17.8 Å². The van der Waals surface area contributed by atoms with Gasteiger partial charge in [-0.3, -0.25) is 19.9 Å². The van der Waals surface area contributed by atoms with Crippen LogP contribution in [-0.2, 0) is 4.79 Å². The van der Waals surface area contributed by atoms with Gasteiger partial charge in [0.05, 0.1) is 0 Å². The summed E-state index contributed by atoms with van der Waals surface area (Å²) in [5, 5.41) is 0. The Hall–Kier alpha value is -3.45. The third-order valence-electron chi connectivity index (χ3n) is 7.32. The van der Waals surface area contributed by atoms with Crippen molar-refractivity contribution in [2.24, 2.45) is 5.92 Å². The minimum Gasteiger partial charge on any atom is -0.492 e. The van der Waals surface area contributed by atoms with Crippen LogP contribution in [0.5, 0.6) is 5.75 Å². The van der Waals surface area contributed by atoms with Gasteiger partial charge in [-0.25, -0.2) is 15.4 Å². The first kappa shape index (κ1) is 26.2. The number of ether oxygens (including phenoxy) is 1. The predicted molar refractivity (Wildman–Crippen MR) is 131 cm³/mol. The summed E-state index contributed by atoms with van der Waals surface area (Å²) in [6.45, 7) is 2.92. The monoisotopic (exact) mass is 533 g/mol. The van der Waals surface area contributed by atoms with Crippen LogP contribution in [0.3, 0.4) is 0 Å². The quantitative estimate of drug-likeness (QED) is 0.576. The second kappa shape index (κ2) is 11.1. The molecule has 13 heteroatoms. The smallest absolute Gasteiger partial charge is 0.402 e. The lowest BCUT2D eigenvalue weighted by Crippen LogP contribution is -2.65. The molecule has 4 heterocycles. The van der Waals surface area contributed by atoms with Crippen molar-refractivity contribution in [2.45, 2.75) is 31.1 Å². The molecule has 10 nitrogen and oxygen atoms in total. The molecule has 0 spiro atoms. The molecule has 3 atom stereocenters. The van der Waals surface area contributed by atoms with E-state index < -0.39 is 24.0 Å². The van der Waals surface area contributed by atoms with E-state index in [1.165, 1.54) is 0 Å². The molecule has 3 fully saturated rings. The summed E-state index contributed by atoms with van der Waals surface area (Å²) in [7, 11) is 0. The number of likely N-dealkylation sites (tertiary alicyclic amines) is 1. The highest BCUT2D eigenvalue weighted by atomic mass is 19.4. The average molecular weight is 534 g/mol. The molecule has 1 aromatic carbocycles. The number of carbonyl (C=O) groups excluding carboxylic acids is 2. The molecule has 0 saturated carbocycles. The third-order valence-corrected chi connectivity index (χ3v) is 7.32. The van der Waals surface area contributed by atoms with E-state index in [-0.39, 0.29) is 25.1 Å². The van der Waals surface area contributed by atoms with Gasteiger partial charge in [0, 0.05) is 62.8 Å². The first-order valence-electron chi connectivity index (χ1n) is 12.7. The number of alkyl halides is 3. The van der Waals surface area contributed by atoms with E-state index in [1.54, 1.807) is 52.5 Å². The first-order chi connectivity index (χ1) is 18.3. The molecule has 38 heavy (non-hydrogen) atoms. The van der Waals surface area contributed by atoms with Crippen LogP contribution in [0.1, 0.15) is 23.2 Å². The van der Waals surface area contributed by atoms with Crippen molar-refractivity contribution in [2.75, 3.05) is 50.8 Å². The number of nitrogens with zero attached hydrogens (tertiary/aromatic N) is 5. The molecule has 2 unspecified atom stereocenters. The molecule has 0 bridgehead atoms. The van der Waals surface area contributed by atoms with Crippen LogP contribution in [0.15, 0.2) is 42.7 Å². The Morgan fingerprint density at radius 2 is 1.84 bits per heavy atom. The van der Waals surface area contributed by atoms with Gasteiger partial charge < -0.3 is 14.5 Å². The minimum absolute atomic E-state index is 0.0000638. The maximum absolute atomic E-state index is 13.7. The Balaban J connectivity index is 1.19. The summed E-state index contributed by atoms with van der Waals surface area (Å²) in [5.41, 5.74) is 5.18. The standard InChI is InChI=1S/C25H30F3N7O3/c26-25(27,28)21-20(15-31-32-22(21)36)35-9-2-5-18(35)16-38-19-6-1-4-17(14-19)23(37)33-10-12-34(13-11-33)24-29-7-3-8-30-24/h1,3-4,6-8,14,18,20-21,31H,2,5,9-13,15-16H2,(H,32,36)/t18-,20?,21?/m0/s1. The van der Waals surface area contributed by atoms with E-state index >= 15 is 0 Å². The SMILES string of the molecule is O=C1NNCC(N2CCC[C@H]2COc2cccc(C(=O)N3CCN(c4ncccn4)CC3)c2)C1C(F)(F)F. The van der Waals surface area contributed by atoms with Crippen molar-refractivity contribution in [3.05, 3.63) is 48.3 Å². The summed E-state index contributed by atoms with van der Waals surface area (Å²) >= 11 is 0. The van der Waals surface area contributed by atoms with Gasteiger partial charge in [0.2, 0.25) is 11.9 Å². The molecule has 0 aliphatic carbocycles. The van der Waals surface area contributed by atoms with Gasteiger partial charge in [0.1, 0.15) is 12.4 Å². The molecule has 3 aliphatic rings. The van der Waals surface area contributed by atoms with Gasteiger partial charge in [-0.2, -0.15) is 13.2 Å². The highest BCUT2D eigenvalue weighted by Gasteiger charge is 2.54. The maximum atomic E-state index is 13.7. The minimum atomic E-state index is -4.64. The number of amides is 2. The van der Waals surface area contributed by atoms with Crippen LogP contribution < -0.4 is 20.5 Å². The summed E-state index contributed by atoms with van der Waals surface area (Å²) in [6.07, 6.45) is 0.117. The number of hydrogen-bond acceptors (Lipinski definition) is 8. The van der Waals surface area contributed by atoms with E-state index in [0.29, 0.717) is 56.4 Å². The van der Waals surface area contributed by atoms with Crippen molar-refractivity contribution < 1.29 is 27.5 Å². The fourth-order valence-electron chi connectivity index (χ4n) is 5.42. The molecule has 0 radical (unpaired) electrons. The lowest BCUT2D eigenvalue weighted by atomic mass is 9.94. The lowest BCUT2D eigenvalue weighted by Gasteiger charge is -2.40. The van der Waals surface area contributed by atoms with Gasteiger partial charge in [0.25, 0.3) is 5.91 Å². The van der Waals surface area contributed by atoms with Crippen LogP contribution in [0.2, 0.25) is 0 Å². The van der Waals surface area contributed by atoms with Crippen LogP contribution in [-0.4, -0.2) is 95.7 Å². The van der Waals surface area contributed by atoms with Crippen LogP contribution in [0, 0.1) is 5.92 Å². The summed E-state index contributed by atoms with van der Waals surface area (Å²) < 4.78 is 47.0. The number of anilines is 1. The van der Waals surface area contributed by atoms with Crippen LogP contribution in [0.4, 0.5) is 19.1 Å². The molecule has 3 aliphatic heterocycles. The fraction of sp³-hybridized carbons (Fsp3) is 0.520. The second-order valence-corrected chi connectivity index (χ2v) is 9.66. The predicted octanol–water partition coefficient (Wildman–Crippen LogP) is 1.46. The highest BCUT2D eigenvalue weighted by molar-refractivity contribution is 5.94. The number of carbonyl (C=O) groups is 2. The molecule has 2 amide bonds. The molecule has 2 aromatic rings. The number of benzene rings is 1. The third kappa shape index (κ3) is 5.68. The molecule has 2 N–H and O–H groups in total. The van der Waals surface area contributed by atoms with Crippen LogP contribution >= 0.6 is 0 Å². The van der Waals surface area contributed by atoms with Crippen molar-refractivity contribution in [3.8, 4) is 5.75 Å². The van der Waals surface area contributed by atoms with Gasteiger partial charge in [-0.1, -0.05) is 6.07 Å². The number of aromatic nitrogens is 2. The van der Waals surface area contributed by atoms with E-state index in [2.05, 4.69) is 20.8 Å². The van der Waals surface area contributed by atoms with Crippen LogP contribution in [0.25, 0.3) is 0 Å². The summed E-state index contributed by atoms with van der Waals surface area (Å²) in [6, 6.07) is 7.34. The zero-order valence-corrected chi connectivity index (χ0v) is 20.7. The zero-order valence-electron chi connectivity index (χ0n) is 20.7. The zero-order chi connectivity index (χ0) is 26.7. The number of hydrogen-bond donors (Lipinski definition) is 2. The van der Waals surface area contributed by atoms with Gasteiger partial charge >= 0.3 is 6.18 Å². The topological polar surface area (TPSA) is 103 Å². The van der Waals surface area contributed by atoms with Gasteiger partial charge in [-0.15, -0.1) is 0 Å². The number of piperazine rings is 1. The average Bonchev–Trinajstić information content (AvgIpc) is 3.40. The Bertz CT molecular complexity index is 1130. The van der Waals surface area contributed by atoms with Crippen molar-refractivity contribution in [1.82, 2.24) is 30.6 Å². The van der Waals surface area contributed by atoms with E-state index in [9.17, 15) is 22.8 Å². The fourth-order valence-corrected chi connectivity index (χ4v) is 5.42. The van der Waals surface area contributed by atoms with Gasteiger partial charge in [0.15, 0.2) is 5.92 Å². The number of rotatable bonds is 6. The van der Waals surface area contributed by atoms with E-state index in [0.717, 1.165) is 6.42 Å². The van der Waals surface area contributed by atoms with Crippen molar-refractivity contribution in [1.29, 1.82) is 0 Å². The number of halogens is 3. The van der Waals surface area contributed by atoms with E-state index in [1.807, 2.05) is 4.90 Å². The number of nitrogens with one attached hydrogen (secondary N) is 2. The molecule has 204 valence electrons. The summed E-state index contributed by atoms with van der Waals surface area (Å²) in [5.74, 6) is -2.16. The Morgan fingerprint density at radius 3 is 2.58 bits per heavy atom. The molecule has 1 aromatic heterocycles. The Kier molecular flexibility index (Phi) is 7.65. The van der Waals surface area contributed by atoms with Crippen molar-refractivity contribution in [3.63, 3.8) is 0 Å². The number of hydrazine groups is 1. The van der Waals surface area contributed by atoms with E-state index in [4.69, 9.17) is 4.74 Å². The second-order valence-electron chi connectivity index (χ2n) is 9.66. The molecule has 5 rings (SSSR count). The maximum Gasteiger partial charge on any atom is 0.402 e. The molecular weight excluding hydrogens is 503 g/mol. The largest absolute Gasteiger partial charge is 0.492 e. The Morgan fingerprint density at radius 1 is 1.08 bits per heavy atom.